The van der Waals surface area contributed by atoms with Crippen LogP contribution < -0.4 is 16.4 Å². The van der Waals surface area contributed by atoms with Crippen molar-refractivity contribution in [2.75, 3.05) is 30.3 Å². The van der Waals surface area contributed by atoms with Crippen LogP contribution in [0.3, 0.4) is 0 Å². The summed E-state index contributed by atoms with van der Waals surface area (Å²) in [6.07, 6.45) is 2.27. The third-order valence-corrected chi connectivity index (χ3v) is 6.14. The molecule has 1 rings (SSSR count). The van der Waals surface area contributed by atoms with Crippen LogP contribution in [-0.4, -0.2) is 44.3 Å². The molecule has 0 fully saturated rings. The molecule has 0 bridgehead atoms. The van der Waals surface area contributed by atoms with Crippen molar-refractivity contribution in [3.05, 3.63) is 18.2 Å². The number of carbonyl (C=O) groups excluding carboxylic acids is 1. The predicted octanol–water partition coefficient (Wildman–Crippen LogP) is 3.03. The summed E-state index contributed by atoms with van der Waals surface area (Å²) >= 11 is 0. The van der Waals surface area contributed by atoms with Crippen LogP contribution in [0, 0.1) is 0 Å². The number of halogens is 1. The Morgan fingerprint density at radius 2 is 1.74 bits per heavy atom. The zero-order valence-electron chi connectivity index (χ0n) is 16.6. The summed E-state index contributed by atoms with van der Waals surface area (Å²) in [4.78, 5) is 12.5. The number of amides is 1. The largest absolute Gasteiger partial charge is 0.383 e. The number of nitrogens with zero attached hydrogens (tertiary/aromatic N) is 1. The van der Waals surface area contributed by atoms with Gasteiger partial charge in [0, 0.05) is 19.6 Å². The van der Waals surface area contributed by atoms with Crippen molar-refractivity contribution in [3.8, 4) is 0 Å². The van der Waals surface area contributed by atoms with Gasteiger partial charge in [0.25, 0.3) is 0 Å². The van der Waals surface area contributed by atoms with Gasteiger partial charge in [-0.2, -0.15) is 4.31 Å². The number of anilines is 2. The summed E-state index contributed by atoms with van der Waals surface area (Å²) in [5.74, 6) is -0.316. The molecular formula is C18H33ClN4O3S. The maximum atomic E-state index is 12.8. The highest BCUT2D eigenvalue weighted by molar-refractivity contribution is 7.89. The van der Waals surface area contributed by atoms with Crippen LogP contribution in [0.1, 0.15) is 47.0 Å². The van der Waals surface area contributed by atoms with E-state index in [9.17, 15) is 13.2 Å². The van der Waals surface area contributed by atoms with Crippen LogP contribution >= 0.6 is 12.4 Å². The van der Waals surface area contributed by atoms with Gasteiger partial charge in [-0.1, -0.05) is 34.1 Å². The molecule has 0 spiro atoms. The molecule has 1 aromatic rings. The number of rotatable bonds is 11. The fourth-order valence-corrected chi connectivity index (χ4v) is 4.07. The number of hydrogen-bond donors (Lipinski definition) is 3. The zero-order valence-corrected chi connectivity index (χ0v) is 18.3. The lowest BCUT2D eigenvalue weighted by molar-refractivity contribution is -0.117. The molecule has 4 N–H and O–H groups in total. The maximum absolute atomic E-state index is 12.8. The maximum Gasteiger partial charge on any atom is 0.243 e. The molecular weight excluding hydrogens is 388 g/mol. The van der Waals surface area contributed by atoms with E-state index in [-0.39, 0.29) is 23.2 Å². The van der Waals surface area contributed by atoms with Gasteiger partial charge in [-0.15, -0.1) is 12.4 Å². The third kappa shape index (κ3) is 6.95. The highest BCUT2D eigenvalue weighted by Gasteiger charge is 2.23. The average Bonchev–Trinajstić information content (AvgIpc) is 2.61. The SMILES string of the molecule is CCCNc1ccc(S(=O)(=O)N(CC)CC)cc1NC(=O)C(N)CCC.Cl. The number of carbonyl (C=O) groups is 1. The number of hydrogen-bond acceptors (Lipinski definition) is 5. The number of nitrogens with one attached hydrogen (secondary N) is 2. The molecule has 27 heavy (non-hydrogen) atoms. The third-order valence-electron chi connectivity index (χ3n) is 4.09. The van der Waals surface area contributed by atoms with E-state index >= 15 is 0 Å². The lowest BCUT2D eigenvalue weighted by Crippen LogP contribution is -2.35. The van der Waals surface area contributed by atoms with Gasteiger partial charge in [0.05, 0.1) is 22.3 Å². The van der Waals surface area contributed by atoms with Crippen molar-refractivity contribution < 1.29 is 13.2 Å². The molecule has 0 saturated carbocycles. The summed E-state index contributed by atoms with van der Waals surface area (Å²) in [6.45, 7) is 9.07. The van der Waals surface area contributed by atoms with Crippen molar-refractivity contribution >= 4 is 39.7 Å². The second kappa shape index (κ2) is 12.2. The van der Waals surface area contributed by atoms with Crippen LogP contribution in [0.2, 0.25) is 0 Å². The predicted molar refractivity (Wildman–Crippen MR) is 114 cm³/mol. The first-order valence-corrected chi connectivity index (χ1v) is 10.7. The van der Waals surface area contributed by atoms with E-state index < -0.39 is 16.1 Å². The van der Waals surface area contributed by atoms with Gasteiger partial charge in [0.1, 0.15) is 0 Å². The summed E-state index contributed by atoms with van der Waals surface area (Å²) in [6, 6.07) is 4.13. The molecule has 0 radical (unpaired) electrons. The van der Waals surface area contributed by atoms with Crippen LogP contribution in [-0.2, 0) is 14.8 Å². The van der Waals surface area contributed by atoms with Gasteiger partial charge in [-0.25, -0.2) is 8.42 Å². The van der Waals surface area contributed by atoms with Gasteiger partial charge >= 0.3 is 0 Å². The molecule has 1 aromatic carbocycles. The second-order valence-corrected chi connectivity index (χ2v) is 8.05. The van der Waals surface area contributed by atoms with E-state index in [2.05, 4.69) is 10.6 Å². The molecule has 7 nitrogen and oxygen atoms in total. The average molecular weight is 421 g/mol. The molecule has 1 atom stereocenters. The van der Waals surface area contributed by atoms with Gasteiger partial charge in [-0.3, -0.25) is 4.79 Å². The summed E-state index contributed by atoms with van der Waals surface area (Å²) in [5, 5.41) is 5.99. The fraction of sp³-hybridized carbons (Fsp3) is 0.611. The zero-order chi connectivity index (χ0) is 19.7. The fourth-order valence-electron chi connectivity index (χ4n) is 2.58. The molecule has 1 unspecified atom stereocenters. The second-order valence-electron chi connectivity index (χ2n) is 6.11. The normalized spacial score (nSPS) is 12.4. The Bertz CT molecular complexity index is 694. The van der Waals surface area contributed by atoms with Crippen molar-refractivity contribution in [3.63, 3.8) is 0 Å². The summed E-state index contributed by atoms with van der Waals surface area (Å²) < 4.78 is 26.9. The molecule has 0 aliphatic heterocycles. The van der Waals surface area contributed by atoms with Crippen LogP contribution in [0.5, 0.6) is 0 Å². The molecule has 0 aromatic heterocycles. The number of sulfonamides is 1. The Hall–Kier alpha value is -1.35. The highest BCUT2D eigenvalue weighted by atomic mass is 35.5. The van der Waals surface area contributed by atoms with Gasteiger partial charge in [0.2, 0.25) is 15.9 Å². The summed E-state index contributed by atoms with van der Waals surface area (Å²) in [5.41, 5.74) is 7.00. The summed E-state index contributed by atoms with van der Waals surface area (Å²) in [7, 11) is -3.60. The molecule has 9 heteroatoms. The van der Waals surface area contributed by atoms with Gasteiger partial charge in [0.15, 0.2) is 0 Å². The monoisotopic (exact) mass is 420 g/mol. The first-order valence-electron chi connectivity index (χ1n) is 9.26. The van der Waals surface area contributed by atoms with Crippen molar-refractivity contribution in [2.45, 2.75) is 57.9 Å². The minimum absolute atomic E-state index is 0. The van der Waals surface area contributed by atoms with Crippen LogP contribution in [0.4, 0.5) is 11.4 Å². The minimum Gasteiger partial charge on any atom is -0.383 e. The topological polar surface area (TPSA) is 105 Å². The molecule has 0 aliphatic carbocycles. The minimum atomic E-state index is -3.60. The van der Waals surface area contributed by atoms with Gasteiger partial charge < -0.3 is 16.4 Å². The molecule has 0 aliphatic rings. The van der Waals surface area contributed by atoms with E-state index in [0.29, 0.717) is 37.4 Å². The molecule has 0 saturated heterocycles. The van der Waals surface area contributed by atoms with E-state index in [1.165, 1.54) is 10.4 Å². The van der Waals surface area contributed by atoms with Crippen LogP contribution in [0.15, 0.2) is 23.1 Å². The number of nitrogens with two attached hydrogens (primary N) is 1. The Morgan fingerprint density at radius 3 is 2.26 bits per heavy atom. The quantitative estimate of drug-likeness (QED) is 0.510. The van der Waals surface area contributed by atoms with E-state index in [0.717, 1.165) is 12.8 Å². The highest BCUT2D eigenvalue weighted by Crippen LogP contribution is 2.27. The Labute approximate surface area is 169 Å². The smallest absolute Gasteiger partial charge is 0.243 e. The van der Waals surface area contributed by atoms with E-state index in [1.54, 1.807) is 26.0 Å². The first kappa shape index (κ1) is 25.6. The molecule has 1 amide bonds. The number of benzene rings is 1. The van der Waals surface area contributed by atoms with Crippen molar-refractivity contribution in [1.29, 1.82) is 0 Å². The van der Waals surface area contributed by atoms with Crippen molar-refractivity contribution in [1.82, 2.24) is 4.31 Å². The van der Waals surface area contributed by atoms with Crippen LogP contribution in [0.25, 0.3) is 0 Å². The Kier molecular flexibility index (Phi) is 11.6. The Morgan fingerprint density at radius 1 is 1.11 bits per heavy atom. The molecule has 0 heterocycles. The lowest BCUT2D eigenvalue weighted by Gasteiger charge is -2.21. The molecule has 156 valence electrons. The standard InChI is InChI=1S/C18H32N4O3S.ClH/c1-5-9-15(19)18(23)21-17-13-14(10-11-16(17)20-12-6-2)26(24,25)22(7-3)8-4;/h10-11,13,15,20H,5-9,12,19H2,1-4H3,(H,21,23);1H. The van der Waals surface area contributed by atoms with E-state index in [4.69, 9.17) is 5.73 Å². The van der Waals surface area contributed by atoms with Crippen molar-refractivity contribution in [2.24, 2.45) is 5.73 Å². The Balaban J connectivity index is 0.00000676. The van der Waals surface area contributed by atoms with Gasteiger partial charge in [-0.05, 0) is 31.0 Å². The lowest BCUT2D eigenvalue weighted by atomic mass is 10.1. The van der Waals surface area contributed by atoms with E-state index in [1.807, 2.05) is 13.8 Å². The first-order chi connectivity index (χ1) is 12.3.